The molecule has 0 nitrogen and oxygen atoms in total. The van der Waals surface area contributed by atoms with Crippen molar-refractivity contribution in [3.05, 3.63) is 0 Å². The first-order valence-corrected chi connectivity index (χ1v) is 16.3. The van der Waals surface area contributed by atoms with E-state index in [1.165, 1.54) is 89.9 Å². The second-order valence-electron chi connectivity index (χ2n) is 13.4. The van der Waals surface area contributed by atoms with Gasteiger partial charge in [-0.3, -0.25) is 0 Å². The Morgan fingerprint density at radius 3 is 1.09 bits per heavy atom. The molecule has 0 spiro atoms. The lowest BCUT2D eigenvalue weighted by Gasteiger charge is -2.41. The molecule has 0 aliphatic heterocycles. The van der Waals surface area contributed by atoms with Crippen LogP contribution in [0, 0.1) is 59.2 Å². The van der Waals surface area contributed by atoms with Gasteiger partial charge in [0, 0.05) is 11.8 Å². The van der Waals surface area contributed by atoms with Crippen LogP contribution in [0.3, 0.4) is 0 Å². The molecule has 0 radical (unpaired) electrons. The normalized spacial score (nSPS) is 39.2. The Morgan fingerprint density at radius 2 is 0.706 bits per heavy atom. The zero-order chi connectivity index (χ0) is 23.6. The molecule has 0 saturated heterocycles. The highest BCUT2D eigenvalue weighted by atomic mass is 14.4. The monoisotopic (exact) mass is 466 g/mol. The van der Waals surface area contributed by atoms with Gasteiger partial charge in [-0.25, -0.2) is 0 Å². The maximum atomic E-state index is 3.79. The molecule has 0 aromatic carbocycles. The van der Waals surface area contributed by atoms with Crippen LogP contribution in [-0.4, -0.2) is 0 Å². The topological polar surface area (TPSA) is 0 Å². The fraction of sp³-hybridized carbons (Fsp3) is 0.941. The molecule has 0 unspecified atom stereocenters. The first kappa shape index (κ1) is 26.6. The Balaban J connectivity index is 1.10. The quantitative estimate of drug-likeness (QED) is 0.312. The second-order valence-corrected chi connectivity index (χ2v) is 13.4. The van der Waals surface area contributed by atoms with Crippen molar-refractivity contribution in [3.63, 3.8) is 0 Å². The van der Waals surface area contributed by atoms with Gasteiger partial charge < -0.3 is 0 Å². The highest BCUT2D eigenvalue weighted by Crippen LogP contribution is 2.46. The average Bonchev–Trinajstić information content (AvgIpc) is 2.91. The first-order valence-electron chi connectivity index (χ1n) is 16.3. The Kier molecular flexibility index (Phi) is 11.2. The maximum absolute atomic E-state index is 3.79. The summed E-state index contributed by atoms with van der Waals surface area (Å²) in [6.07, 6.45) is 32.6. The van der Waals surface area contributed by atoms with Crippen LogP contribution < -0.4 is 0 Å². The summed E-state index contributed by atoms with van der Waals surface area (Å²) < 4.78 is 0. The Morgan fingerprint density at radius 1 is 0.412 bits per heavy atom. The van der Waals surface area contributed by atoms with Gasteiger partial charge in [0.1, 0.15) is 0 Å². The van der Waals surface area contributed by atoms with Crippen molar-refractivity contribution < 1.29 is 0 Å². The molecule has 194 valence electrons. The molecule has 0 heterocycles. The lowest BCUT2D eigenvalue weighted by atomic mass is 9.65. The summed E-state index contributed by atoms with van der Waals surface area (Å²) in [5, 5.41) is 0. The van der Waals surface area contributed by atoms with E-state index in [9.17, 15) is 0 Å². The van der Waals surface area contributed by atoms with Crippen molar-refractivity contribution in [1.29, 1.82) is 0 Å². The Hall–Kier alpha value is -0.440. The average molecular weight is 467 g/mol. The van der Waals surface area contributed by atoms with E-state index in [1.54, 1.807) is 51.4 Å². The standard InChI is InChI=1S/C34H58/c1-3-5-7-27-9-11-29(12-10-27)13-14-30-17-21-32(22-18-30)34-25-23-33(24-26-34)31-19-15-28(16-20-31)8-6-4-2/h27-34H,3-12,15-26H2,1-2H3. The van der Waals surface area contributed by atoms with Crippen molar-refractivity contribution in [2.24, 2.45) is 47.3 Å². The predicted octanol–water partition coefficient (Wildman–Crippen LogP) is 10.6. The summed E-state index contributed by atoms with van der Waals surface area (Å²) in [4.78, 5) is 0. The first-order chi connectivity index (χ1) is 16.7. The van der Waals surface area contributed by atoms with Gasteiger partial charge in [-0.05, 0) is 125 Å². The molecule has 4 aliphatic rings. The van der Waals surface area contributed by atoms with E-state index in [4.69, 9.17) is 0 Å². The van der Waals surface area contributed by atoms with Gasteiger partial charge in [0.2, 0.25) is 0 Å². The lowest BCUT2D eigenvalue weighted by molar-refractivity contribution is 0.107. The zero-order valence-corrected chi connectivity index (χ0v) is 23.2. The number of unbranched alkanes of at least 4 members (excludes halogenated alkanes) is 2. The third-order valence-corrected chi connectivity index (χ3v) is 11.1. The Labute approximate surface area is 214 Å². The summed E-state index contributed by atoms with van der Waals surface area (Å²) in [6, 6.07) is 0. The van der Waals surface area contributed by atoms with E-state index in [0.717, 1.165) is 47.3 Å². The minimum atomic E-state index is 0.729. The van der Waals surface area contributed by atoms with Gasteiger partial charge in [-0.1, -0.05) is 77.1 Å². The number of hydrogen-bond donors (Lipinski definition) is 0. The largest absolute Gasteiger partial charge is 0.0996 e. The molecule has 4 rings (SSSR count). The van der Waals surface area contributed by atoms with Crippen molar-refractivity contribution in [2.75, 3.05) is 0 Å². The molecule has 0 atom stereocenters. The summed E-state index contributed by atoms with van der Waals surface area (Å²) >= 11 is 0. The molecule has 4 aliphatic carbocycles. The maximum Gasteiger partial charge on any atom is 0.0203 e. The van der Waals surface area contributed by atoms with Crippen LogP contribution in [0.15, 0.2) is 0 Å². The second kappa shape index (κ2) is 14.3. The molecular formula is C34H58. The van der Waals surface area contributed by atoms with Crippen LogP contribution >= 0.6 is 0 Å². The molecule has 0 heteroatoms. The van der Waals surface area contributed by atoms with Crippen molar-refractivity contribution in [3.8, 4) is 11.8 Å². The van der Waals surface area contributed by atoms with Crippen LogP contribution in [0.1, 0.15) is 155 Å². The van der Waals surface area contributed by atoms with E-state index >= 15 is 0 Å². The molecule has 0 amide bonds. The van der Waals surface area contributed by atoms with Gasteiger partial charge in [0.15, 0.2) is 0 Å². The predicted molar refractivity (Wildman–Crippen MR) is 149 cm³/mol. The highest BCUT2D eigenvalue weighted by Gasteiger charge is 2.34. The fourth-order valence-corrected chi connectivity index (χ4v) is 8.59. The van der Waals surface area contributed by atoms with Crippen LogP contribution in [0.5, 0.6) is 0 Å². The van der Waals surface area contributed by atoms with Crippen LogP contribution in [-0.2, 0) is 0 Å². The summed E-state index contributed by atoms with van der Waals surface area (Å²) in [6.45, 7) is 4.68. The third-order valence-electron chi connectivity index (χ3n) is 11.1. The van der Waals surface area contributed by atoms with Crippen LogP contribution in [0.25, 0.3) is 0 Å². The number of rotatable bonds is 8. The summed E-state index contributed by atoms with van der Waals surface area (Å²) in [5.74, 6) is 15.4. The molecule has 34 heavy (non-hydrogen) atoms. The molecule has 0 aromatic heterocycles. The molecular weight excluding hydrogens is 408 g/mol. The van der Waals surface area contributed by atoms with Gasteiger partial charge in [0.25, 0.3) is 0 Å². The SMILES string of the molecule is CCCCC1CCC(C#CC2CCC(C3CCC(C4CCC(CCCC)CC4)CC3)CC2)CC1. The minimum Gasteiger partial charge on any atom is -0.0996 e. The van der Waals surface area contributed by atoms with Crippen molar-refractivity contribution >= 4 is 0 Å². The van der Waals surface area contributed by atoms with Crippen LogP contribution in [0.4, 0.5) is 0 Å². The summed E-state index contributed by atoms with van der Waals surface area (Å²) in [5.41, 5.74) is 0. The summed E-state index contributed by atoms with van der Waals surface area (Å²) in [7, 11) is 0. The fourth-order valence-electron chi connectivity index (χ4n) is 8.59. The molecule has 4 saturated carbocycles. The van der Waals surface area contributed by atoms with Crippen molar-refractivity contribution in [1.82, 2.24) is 0 Å². The molecule has 0 bridgehead atoms. The van der Waals surface area contributed by atoms with E-state index in [2.05, 4.69) is 25.7 Å². The lowest BCUT2D eigenvalue weighted by Crippen LogP contribution is -2.29. The molecule has 0 aromatic rings. The zero-order valence-electron chi connectivity index (χ0n) is 23.2. The third kappa shape index (κ3) is 8.04. The van der Waals surface area contributed by atoms with Gasteiger partial charge in [0.05, 0.1) is 0 Å². The minimum absolute atomic E-state index is 0.729. The Bertz CT molecular complexity index is 590. The smallest absolute Gasteiger partial charge is 0.0203 e. The van der Waals surface area contributed by atoms with Gasteiger partial charge >= 0.3 is 0 Å². The van der Waals surface area contributed by atoms with E-state index in [0.29, 0.717) is 0 Å². The highest BCUT2D eigenvalue weighted by molar-refractivity contribution is 5.09. The molecule has 0 N–H and O–H groups in total. The van der Waals surface area contributed by atoms with Gasteiger partial charge in [-0.15, -0.1) is 0 Å². The van der Waals surface area contributed by atoms with Crippen LogP contribution in [0.2, 0.25) is 0 Å². The van der Waals surface area contributed by atoms with E-state index < -0.39 is 0 Å². The van der Waals surface area contributed by atoms with E-state index in [1.807, 2.05) is 0 Å². The van der Waals surface area contributed by atoms with Crippen molar-refractivity contribution in [2.45, 2.75) is 155 Å². The molecule has 4 fully saturated rings. The van der Waals surface area contributed by atoms with E-state index in [-0.39, 0.29) is 0 Å². The number of hydrogen-bond acceptors (Lipinski definition) is 0. The van der Waals surface area contributed by atoms with Gasteiger partial charge in [-0.2, -0.15) is 0 Å².